The van der Waals surface area contributed by atoms with Crippen LogP contribution in [0.25, 0.3) is 0 Å². The first-order valence-corrected chi connectivity index (χ1v) is 13.3. The lowest BCUT2D eigenvalue weighted by atomic mass is 9.99. The van der Waals surface area contributed by atoms with Crippen LogP contribution in [0, 0.1) is 0 Å². The molecule has 1 saturated heterocycles. The van der Waals surface area contributed by atoms with Gasteiger partial charge in [-0.25, -0.2) is 9.59 Å². The average Bonchev–Trinajstić information content (AvgIpc) is 3.44. The molecule has 0 aliphatic carbocycles. The summed E-state index contributed by atoms with van der Waals surface area (Å²) in [4.78, 5) is 63.2. The Labute approximate surface area is 243 Å². The van der Waals surface area contributed by atoms with Crippen molar-refractivity contribution in [1.82, 2.24) is 20.4 Å². The monoisotopic (exact) mass is 601 g/mol. The number of H-pyrrole nitrogens is 1. The largest absolute Gasteiger partial charge is 0.480 e. The Morgan fingerprint density at radius 3 is 2.32 bits per heavy atom. The van der Waals surface area contributed by atoms with Crippen LogP contribution >= 0.6 is 23.2 Å². The highest BCUT2D eigenvalue weighted by atomic mass is 35.5. The van der Waals surface area contributed by atoms with E-state index in [0.29, 0.717) is 30.5 Å². The number of aliphatic carboxylic acids is 1. The third-order valence-corrected chi connectivity index (χ3v) is 7.18. The smallest absolute Gasteiger partial charge is 0.353 e. The molecule has 2 atom stereocenters. The van der Waals surface area contributed by atoms with Crippen molar-refractivity contribution in [3.8, 4) is 0 Å². The van der Waals surface area contributed by atoms with E-state index >= 15 is 0 Å². The molecule has 0 radical (unpaired) electrons. The first-order valence-electron chi connectivity index (χ1n) is 12.5. The fourth-order valence-corrected chi connectivity index (χ4v) is 5.04. The standard InChI is InChI=1S/C27H25Cl2N5O7/c28-16-4-3-5-17(29)22(16)24(36)30-15-9-7-14(8-10-15)12-19(26(38)39)31-23(35)21-6-1-2-11-34(21)25(37)18-13-20(27(40)41)33-32-18/h3-5,7-10,13,19,21H,1-2,6,11-12H2,(H,30,36)(H,31,35)(H,32,33)(H,38,39)(H,40,41)/t19-,21?/m0/s1. The van der Waals surface area contributed by atoms with Gasteiger partial charge >= 0.3 is 11.9 Å². The minimum atomic E-state index is -1.30. The Morgan fingerprint density at radius 2 is 1.71 bits per heavy atom. The normalized spacial score (nSPS) is 15.6. The number of carboxylic acid groups (broad SMARTS) is 2. The van der Waals surface area contributed by atoms with Gasteiger partial charge in [0.15, 0.2) is 5.69 Å². The number of aromatic amines is 1. The van der Waals surface area contributed by atoms with Crippen LogP contribution in [0.15, 0.2) is 48.5 Å². The number of nitrogens with zero attached hydrogens (tertiary/aromatic N) is 2. The first kappa shape index (κ1) is 29.6. The van der Waals surface area contributed by atoms with E-state index < -0.39 is 41.7 Å². The minimum Gasteiger partial charge on any atom is -0.480 e. The van der Waals surface area contributed by atoms with Crippen LogP contribution in [0.3, 0.4) is 0 Å². The summed E-state index contributed by atoms with van der Waals surface area (Å²) >= 11 is 12.2. The van der Waals surface area contributed by atoms with E-state index in [1.54, 1.807) is 42.5 Å². The number of carboxylic acids is 2. The Kier molecular flexibility index (Phi) is 9.25. The molecule has 5 N–H and O–H groups in total. The zero-order chi connectivity index (χ0) is 29.7. The number of nitrogens with one attached hydrogen (secondary N) is 3. The predicted molar refractivity (Wildman–Crippen MR) is 148 cm³/mol. The molecule has 41 heavy (non-hydrogen) atoms. The summed E-state index contributed by atoms with van der Waals surface area (Å²) < 4.78 is 0. The highest BCUT2D eigenvalue weighted by Crippen LogP contribution is 2.25. The number of halogens is 2. The van der Waals surface area contributed by atoms with Gasteiger partial charge in [-0.3, -0.25) is 19.5 Å². The molecule has 2 aromatic carbocycles. The molecule has 1 aliphatic heterocycles. The maximum Gasteiger partial charge on any atom is 0.353 e. The first-order chi connectivity index (χ1) is 19.5. The Morgan fingerprint density at radius 1 is 1.02 bits per heavy atom. The van der Waals surface area contributed by atoms with E-state index in [1.807, 2.05) is 0 Å². The van der Waals surface area contributed by atoms with Crippen molar-refractivity contribution >= 4 is 58.5 Å². The molecule has 4 rings (SSSR count). The molecule has 0 spiro atoms. The third kappa shape index (κ3) is 7.02. The van der Waals surface area contributed by atoms with Gasteiger partial charge in [0, 0.05) is 24.7 Å². The zero-order valence-corrected chi connectivity index (χ0v) is 22.9. The number of amides is 3. The summed E-state index contributed by atoms with van der Waals surface area (Å²) in [7, 11) is 0. The summed E-state index contributed by atoms with van der Waals surface area (Å²) in [6, 6.07) is 9.92. The van der Waals surface area contributed by atoms with E-state index in [0.717, 1.165) is 6.07 Å². The highest BCUT2D eigenvalue weighted by Gasteiger charge is 2.35. The molecule has 2 heterocycles. The predicted octanol–water partition coefficient (Wildman–Crippen LogP) is 3.47. The molecule has 3 amide bonds. The summed E-state index contributed by atoms with van der Waals surface area (Å²) in [5.41, 5.74) is 0.696. The van der Waals surface area contributed by atoms with Crippen LogP contribution in [0.1, 0.15) is 56.2 Å². The van der Waals surface area contributed by atoms with E-state index in [-0.39, 0.29) is 40.0 Å². The van der Waals surface area contributed by atoms with Crippen molar-refractivity contribution in [1.29, 1.82) is 0 Å². The number of hydrogen-bond donors (Lipinski definition) is 5. The average molecular weight is 602 g/mol. The zero-order valence-electron chi connectivity index (χ0n) is 21.4. The molecule has 214 valence electrons. The van der Waals surface area contributed by atoms with Gasteiger partial charge in [-0.2, -0.15) is 5.10 Å². The van der Waals surface area contributed by atoms with Gasteiger partial charge in [0.2, 0.25) is 5.91 Å². The van der Waals surface area contributed by atoms with Gasteiger partial charge in [-0.1, -0.05) is 41.4 Å². The van der Waals surface area contributed by atoms with Crippen molar-refractivity contribution in [3.05, 3.63) is 81.1 Å². The second-order valence-corrected chi connectivity index (χ2v) is 10.1. The van der Waals surface area contributed by atoms with Crippen molar-refractivity contribution in [2.24, 2.45) is 0 Å². The number of aromatic nitrogens is 2. The number of aromatic carboxylic acids is 1. The maximum absolute atomic E-state index is 13.2. The number of rotatable bonds is 9. The van der Waals surface area contributed by atoms with Gasteiger partial charge in [-0.05, 0) is 49.1 Å². The van der Waals surface area contributed by atoms with Crippen LogP contribution in [-0.2, 0) is 16.0 Å². The van der Waals surface area contributed by atoms with Gasteiger partial charge in [0.1, 0.15) is 17.8 Å². The van der Waals surface area contributed by atoms with Crippen LogP contribution in [0.4, 0.5) is 5.69 Å². The molecule has 12 nitrogen and oxygen atoms in total. The second kappa shape index (κ2) is 12.8. The molecule has 1 aliphatic rings. The van der Waals surface area contributed by atoms with E-state index in [1.165, 1.54) is 4.90 Å². The lowest BCUT2D eigenvalue weighted by Crippen LogP contribution is -2.55. The van der Waals surface area contributed by atoms with Crippen LogP contribution in [0.5, 0.6) is 0 Å². The number of anilines is 1. The van der Waals surface area contributed by atoms with Crippen LogP contribution in [0.2, 0.25) is 10.0 Å². The Bertz CT molecular complexity index is 1470. The molecule has 14 heteroatoms. The molecule has 0 saturated carbocycles. The van der Waals surface area contributed by atoms with Gasteiger partial charge in [-0.15, -0.1) is 0 Å². The summed E-state index contributed by atoms with van der Waals surface area (Å²) in [5.74, 6) is -4.33. The third-order valence-electron chi connectivity index (χ3n) is 6.55. The molecule has 3 aromatic rings. The number of piperidine rings is 1. The van der Waals surface area contributed by atoms with Crippen molar-refractivity contribution in [2.75, 3.05) is 11.9 Å². The Hall–Kier alpha value is -4.42. The molecular formula is C27H25Cl2N5O7. The van der Waals surface area contributed by atoms with Gasteiger partial charge in [0.05, 0.1) is 15.6 Å². The van der Waals surface area contributed by atoms with Crippen molar-refractivity contribution < 1.29 is 34.2 Å². The molecule has 0 bridgehead atoms. The quantitative estimate of drug-likeness (QED) is 0.247. The lowest BCUT2D eigenvalue weighted by Gasteiger charge is -2.34. The number of carbonyl (C=O) groups is 5. The number of hydrogen-bond acceptors (Lipinski definition) is 6. The van der Waals surface area contributed by atoms with Crippen LogP contribution < -0.4 is 10.6 Å². The summed E-state index contributed by atoms with van der Waals surface area (Å²) in [6.45, 7) is 0.233. The SMILES string of the molecule is O=C(O)c1cc(C(=O)N2CCCCC2C(=O)N[C@@H](Cc2ccc(NC(=O)c3c(Cl)cccc3Cl)cc2)C(=O)O)n[nH]1. The van der Waals surface area contributed by atoms with Gasteiger partial charge < -0.3 is 25.7 Å². The van der Waals surface area contributed by atoms with E-state index in [4.69, 9.17) is 28.3 Å². The minimum absolute atomic E-state index is 0.0619. The van der Waals surface area contributed by atoms with E-state index in [2.05, 4.69) is 20.8 Å². The van der Waals surface area contributed by atoms with Crippen LogP contribution in [-0.4, -0.2) is 73.6 Å². The lowest BCUT2D eigenvalue weighted by molar-refractivity contribution is -0.142. The molecular weight excluding hydrogens is 577 g/mol. The molecule has 1 fully saturated rings. The fourth-order valence-electron chi connectivity index (χ4n) is 4.47. The topological polar surface area (TPSA) is 182 Å². The summed E-state index contributed by atoms with van der Waals surface area (Å²) in [5, 5.41) is 30.5. The number of carbonyl (C=O) groups excluding carboxylic acids is 3. The number of likely N-dealkylation sites (tertiary alicyclic amines) is 1. The maximum atomic E-state index is 13.2. The van der Waals surface area contributed by atoms with Gasteiger partial charge in [0.25, 0.3) is 11.8 Å². The summed E-state index contributed by atoms with van der Waals surface area (Å²) in [6.07, 6.45) is 1.52. The fraction of sp³-hybridized carbons (Fsp3) is 0.259. The molecule has 1 unspecified atom stereocenters. The highest BCUT2D eigenvalue weighted by molar-refractivity contribution is 6.40. The van der Waals surface area contributed by atoms with Crippen molar-refractivity contribution in [2.45, 2.75) is 37.8 Å². The number of benzene rings is 2. The van der Waals surface area contributed by atoms with E-state index in [9.17, 15) is 29.1 Å². The second-order valence-electron chi connectivity index (χ2n) is 9.33. The Balaban J connectivity index is 1.41. The van der Waals surface area contributed by atoms with Crippen molar-refractivity contribution in [3.63, 3.8) is 0 Å². The molecule has 1 aromatic heterocycles.